The molecule has 2 N–H and O–H groups in total. The smallest absolute Gasteiger partial charge is 0.241 e. The first-order valence-electron chi connectivity index (χ1n) is 11.5. The largest absolute Gasteiger partial charge is 0.379 e. The Labute approximate surface area is 197 Å². The van der Waals surface area contributed by atoms with Crippen molar-refractivity contribution >= 4 is 15.9 Å². The van der Waals surface area contributed by atoms with E-state index in [0.29, 0.717) is 17.7 Å². The molecular formula is C25H35N3O4S. The van der Waals surface area contributed by atoms with Gasteiger partial charge in [-0.1, -0.05) is 48.0 Å². The molecule has 0 aliphatic carbocycles. The fraction of sp³-hybridized carbons (Fsp3) is 0.480. The number of amides is 1. The van der Waals surface area contributed by atoms with E-state index in [1.165, 1.54) is 0 Å². The Kier molecular flexibility index (Phi) is 9.02. The number of aryl methyl sites for hydroxylation is 3. The Morgan fingerprint density at radius 3 is 2.33 bits per heavy atom. The molecule has 2 aromatic rings. The molecule has 1 aliphatic rings. The second-order valence-corrected chi connectivity index (χ2v) is 10.3. The van der Waals surface area contributed by atoms with Crippen LogP contribution in [0, 0.1) is 20.8 Å². The van der Waals surface area contributed by atoms with Gasteiger partial charge in [0.05, 0.1) is 18.1 Å². The number of nitrogens with zero attached hydrogens (tertiary/aromatic N) is 1. The van der Waals surface area contributed by atoms with Crippen molar-refractivity contribution < 1.29 is 17.9 Å². The molecule has 1 amide bonds. The van der Waals surface area contributed by atoms with E-state index < -0.39 is 16.1 Å². The van der Waals surface area contributed by atoms with Crippen LogP contribution in [0.1, 0.15) is 28.7 Å². The molecule has 1 atom stereocenters. The summed E-state index contributed by atoms with van der Waals surface area (Å²) >= 11 is 0. The van der Waals surface area contributed by atoms with Crippen molar-refractivity contribution in [2.75, 3.05) is 39.4 Å². The number of hydrogen-bond acceptors (Lipinski definition) is 5. The van der Waals surface area contributed by atoms with Crippen LogP contribution in [0.25, 0.3) is 0 Å². The van der Waals surface area contributed by atoms with Crippen LogP contribution in [0.3, 0.4) is 0 Å². The molecule has 33 heavy (non-hydrogen) atoms. The lowest BCUT2D eigenvalue weighted by Gasteiger charge is -2.26. The Bertz CT molecular complexity index is 1010. The first kappa shape index (κ1) is 25.4. The second kappa shape index (κ2) is 11.7. The number of sulfonamides is 1. The maximum Gasteiger partial charge on any atom is 0.241 e. The van der Waals surface area contributed by atoms with Crippen molar-refractivity contribution in [3.05, 3.63) is 64.7 Å². The molecule has 1 aliphatic heterocycles. The number of ether oxygens (including phenoxy) is 1. The van der Waals surface area contributed by atoms with Crippen molar-refractivity contribution in [2.24, 2.45) is 0 Å². The molecule has 0 spiro atoms. The number of rotatable bonds is 10. The molecule has 1 fully saturated rings. The Morgan fingerprint density at radius 2 is 1.70 bits per heavy atom. The molecule has 1 heterocycles. The van der Waals surface area contributed by atoms with Crippen LogP contribution < -0.4 is 10.0 Å². The molecule has 0 aromatic heterocycles. The van der Waals surface area contributed by atoms with E-state index >= 15 is 0 Å². The third kappa shape index (κ3) is 7.37. The predicted octanol–water partition coefficient (Wildman–Crippen LogP) is 2.34. The van der Waals surface area contributed by atoms with E-state index in [0.717, 1.165) is 50.4 Å². The van der Waals surface area contributed by atoms with Gasteiger partial charge < -0.3 is 10.1 Å². The van der Waals surface area contributed by atoms with Crippen LogP contribution >= 0.6 is 0 Å². The highest BCUT2D eigenvalue weighted by atomic mass is 32.2. The van der Waals surface area contributed by atoms with Gasteiger partial charge in [0, 0.05) is 19.6 Å². The lowest BCUT2D eigenvalue weighted by atomic mass is 10.1. The summed E-state index contributed by atoms with van der Waals surface area (Å²) < 4.78 is 34.7. The summed E-state index contributed by atoms with van der Waals surface area (Å²) in [5.74, 6) is -0.313. The first-order chi connectivity index (χ1) is 15.8. The monoisotopic (exact) mass is 473 g/mol. The van der Waals surface area contributed by atoms with Crippen molar-refractivity contribution in [1.29, 1.82) is 0 Å². The summed E-state index contributed by atoms with van der Waals surface area (Å²) in [5, 5.41) is 2.93. The minimum absolute atomic E-state index is 0.242. The number of carbonyl (C=O) groups is 1. The van der Waals surface area contributed by atoms with Crippen LogP contribution in [0.4, 0.5) is 0 Å². The Hall–Kier alpha value is -2.26. The number of carbonyl (C=O) groups excluding carboxylic acids is 1. The van der Waals surface area contributed by atoms with Crippen LogP contribution in [0.2, 0.25) is 0 Å². The van der Waals surface area contributed by atoms with E-state index in [-0.39, 0.29) is 17.2 Å². The summed E-state index contributed by atoms with van der Waals surface area (Å²) in [6.07, 6.45) is 1.08. The summed E-state index contributed by atoms with van der Waals surface area (Å²) in [6.45, 7) is 10.2. The first-order valence-corrected chi connectivity index (χ1v) is 13.0. The zero-order valence-electron chi connectivity index (χ0n) is 19.8. The van der Waals surface area contributed by atoms with Crippen LogP contribution in [0.5, 0.6) is 0 Å². The van der Waals surface area contributed by atoms with Crippen LogP contribution in [-0.4, -0.2) is 64.7 Å². The van der Waals surface area contributed by atoms with Crippen molar-refractivity contribution in [2.45, 2.75) is 44.6 Å². The highest BCUT2D eigenvalue weighted by molar-refractivity contribution is 7.89. The van der Waals surface area contributed by atoms with Crippen molar-refractivity contribution in [3.8, 4) is 0 Å². The van der Waals surface area contributed by atoms with Gasteiger partial charge in [-0.15, -0.1) is 0 Å². The third-order valence-corrected chi connectivity index (χ3v) is 7.60. The highest BCUT2D eigenvalue weighted by Crippen LogP contribution is 2.22. The minimum Gasteiger partial charge on any atom is -0.379 e. The summed E-state index contributed by atoms with van der Waals surface area (Å²) in [6, 6.07) is 12.3. The van der Waals surface area contributed by atoms with E-state index in [4.69, 9.17) is 4.74 Å². The number of benzene rings is 2. The van der Waals surface area contributed by atoms with Crippen molar-refractivity contribution in [3.63, 3.8) is 0 Å². The normalized spacial score (nSPS) is 15.8. The molecule has 0 saturated carbocycles. The van der Waals surface area contributed by atoms with Crippen LogP contribution in [0.15, 0.2) is 47.4 Å². The SMILES string of the molecule is Cc1cc(C)c(S(=O)(=O)N[C@@H](Cc2ccccc2)C(=O)NCCCN2CCOCC2)c(C)c1. The second-order valence-electron chi connectivity index (χ2n) is 8.69. The van der Waals surface area contributed by atoms with E-state index in [9.17, 15) is 13.2 Å². The minimum atomic E-state index is -3.88. The number of morpholine rings is 1. The molecule has 3 rings (SSSR count). The average molecular weight is 474 g/mol. The molecule has 0 bridgehead atoms. The van der Waals surface area contributed by atoms with Crippen LogP contribution in [-0.2, 0) is 26.0 Å². The van der Waals surface area contributed by atoms with Gasteiger partial charge in [0.15, 0.2) is 0 Å². The van der Waals surface area contributed by atoms with Gasteiger partial charge in [-0.3, -0.25) is 9.69 Å². The molecule has 8 heteroatoms. The van der Waals surface area contributed by atoms with Gasteiger partial charge in [0.25, 0.3) is 0 Å². The fourth-order valence-corrected chi connectivity index (χ4v) is 5.99. The van der Waals surface area contributed by atoms with Gasteiger partial charge in [-0.05, 0) is 56.8 Å². The summed E-state index contributed by atoms with van der Waals surface area (Å²) in [7, 11) is -3.88. The topological polar surface area (TPSA) is 87.7 Å². The van der Waals surface area contributed by atoms with Gasteiger partial charge in [-0.2, -0.15) is 4.72 Å². The third-order valence-electron chi connectivity index (χ3n) is 5.82. The molecule has 0 radical (unpaired) electrons. The molecule has 1 saturated heterocycles. The van der Waals surface area contributed by atoms with Gasteiger partial charge in [-0.25, -0.2) is 8.42 Å². The molecule has 0 unspecified atom stereocenters. The Balaban J connectivity index is 1.70. The zero-order valence-corrected chi connectivity index (χ0v) is 20.6. The van der Waals surface area contributed by atoms with E-state index in [1.807, 2.05) is 49.4 Å². The lowest BCUT2D eigenvalue weighted by Crippen LogP contribution is -2.48. The number of nitrogens with one attached hydrogen (secondary N) is 2. The summed E-state index contributed by atoms with van der Waals surface area (Å²) in [4.78, 5) is 15.6. The maximum atomic E-state index is 13.3. The number of hydrogen-bond donors (Lipinski definition) is 2. The predicted molar refractivity (Wildman–Crippen MR) is 130 cm³/mol. The standard InChI is InChI=1S/C25H35N3O4S/c1-19-16-20(2)24(21(3)17-19)33(30,31)27-23(18-22-8-5-4-6-9-22)25(29)26-10-7-11-28-12-14-32-15-13-28/h4-6,8-9,16-17,23,27H,7,10-15,18H2,1-3H3,(H,26,29)/t23-/m0/s1. The summed E-state index contributed by atoms with van der Waals surface area (Å²) in [5.41, 5.74) is 3.24. The Morgan fingerprint density at radius 1 is 1.06 bits per heavy atom. The van der Waals surface area contributed by atoms with Gasteiger partial charge >= 0.3 is 0 Å². The molecule has 2 aromatic carbocycles. The average Bonchev–Trinajstić information content (AvgIpc) is 2.76. The van der Waals surface area contributed by atoms with Gasteiger partial charge in [0.2, 0.25) is 15.9 Å². The molecule has 180 valence electrons. The van der Waals surface area contributed by atoms with Gasteiger partial charge in [0.1, 0.15) is 6.04 Å². The highest BCUT2D eigenvalue weighted by Gasteiger charge is 2.28. The lowest BCUT2D eigenvalue weighted by molar-refractivity contribution is -0.122. The zero-order chi connectivity index (χ0) is 23.8. The van der Waals surface area contributed by atoms with E-state index in [2.05, 4.69) is 14.9 Å². The quantitative estimate of drug-likeness (QED) is 0.517. The van der Waals surface area contributed by atoms with E-state index in [1.54, 1.807) is 13.8 Å². The van der Waals surface area contributed by atoms with Crippen molar-refractivity contribution in [1.82, 2.24) is 14.9 Å². The fourth-order valence-electron chi connectivity index (χ4n) is 4.34. The molecular weight excluding hydrogens is 438 g/mol. The molecule has 7 nitrogen and oxygen atoms in total. The maximum absolute atomic E-state index is 13.3.